The molecule has 0 aliphatic rings. The Labute approximate surface area is 184 Å². The molecule has 4 nitrogen and oxygen atoms in total. The van der Waals surface area contributed by atoms with Gasteiger partial charge in [-0.1, -0.05) is 65.8 Å². The topological polar surface area (TPSA) is 46.9 Å². The molecule has 2 rings (SSSR count). The third-order valence-electron chi connectivity index (χ3n) is 5.03. The van der Waals surface area contributed by atoms with E-state index in [-0.39, 0.29) is 24.0 Å². The quantitative estimate of drug-likeness (QED) is 0.711. The number of para-hydroxylation sites is 1. The molecule has 0 aromatic heterocycles. The van der Waals surface area contributed by atoms with E-state index in [0.29, 0.717) is 13.1 Å². The average Bonchev–Trinajstić information content (AvgIpc) is 2.67. The fourth-order valence-electron chi connectivity index (χ4n) is 3.00. The van der Waals surface area contributed by atoms with Crippen molar-refractivity contribution in [1.29, 1.82) is 0 Å². The van der Waals surface area contributed by atoms with E-state index < -0.39 is 0 Å². The van der Waals surface area contributed by atoms with Gasteiger partial charge in [0.25, 0.3) is 0 Å². The van der Waals surface area contributed by atoms with Gasteiger partial charge in [-0.15, -0.1) is 0 Å². The van der Waals surface area contributed by atoms with E-state index in [1.54, 1.807) is 0 Å². The molecule has 30 heavy (non-hydrogen) atoms. The van der Waals surface area contributed by atoms with Crippen LogP contribution in [-0.2, 0) is 10.8 Å². The Balaban J connectivity index is 0.000000414. The van der Waals surface area contributed by atoms with Gasteiger partial charge >= 0.3 is 0 Å². The molecule has 0 fully saturated rings. The first kappa shape index (κ1) is 26.0. The summed E-state index contributed by atoms with van der Waals surface area (Å²) in [5, 5.41) is 18.5. The number of benzene rings is 2. The minimum Gasteiger partial charge on any atom is -0.395 e. The van der Waals surface area contributed by atoms with Crippen molar-refractivity contribution in [3.8, 4) is 0 Å². The number of rotatable bonds is 6. The second kappa shape index (κ2) is 11.4. The summed E-state index contributed by atoms with van der Waals surface area (Å²) in [7, 11) is 4.07. The number of nitrogens with zero attached hydrogens (tertiary/aromatic N) is 2. The lowest BCUT2D eigenvalue weighted by Crippen LogP contribution is -2.30. The summed E-state index contributed by atoms with van der Waals surface area (Å²) in [4.78, 5) is 4.13. The highest BCUT2D eigenvalue weighted by atomic mass is 16.3. The van der Waals surface area contributed by atoms with Gasteiger partial charge < -0.3 is 20.0 Å². The third kappa shape index (κ3) is 8.37. The van der Waals surface area contributed by atoms with Crippen LogP contribution in [0.15, 0.2) is 48.5 Å². The Bertz CT molecular complexity index is 706. The highest BCUT2D eigenvalue weighted by molar-refractivity contribution is 5.54. The molecule has 0 spiro atoms. The van der Waals surface area contributed by atoms with E-state index in [0.717, 1.165) is 5.69 Å². The summed E-state index contributed by atoms with van der Waals surface area (Å²) in [6.07, 6.45) is 0. The highest BCUT2D eigenvalue weighted by Gasteiger charge is 2.21. The van der Waals surface area contributed by atoms with Crippen LogP contribution in [0.25, 0.3) is 0 Å². The first-order valence-electron chi connectivity index (χ1n) is 10.7. The zero-order valence-corrected chi connectivity index (χ0v) is 20.2. The Hall–Kier alpha value is -2.04. The molecule has 0 bridgehead atoms. The zero-order valence-electron chi connectivity index (χ0n) is 20.2. The van der Waals surface area contributed by atoms with Crippen LogP contribution in [-0.4, -0.2) is 50.6 Å². The fourth-order valence-corrected chi connectivity index (χ4v) is 3.00. The van der Waals surface area contributed by atoms with Gasteiger partial charge in [-0.2, -0.15) is 0 Å². The average molecular weight is 415 g/mol. The van der Waals surface area contributed by atoms with Crippen molar-refractivity contribution >= 4 is 11.4 Å². The largest absolute Gasteiger partial charge is 0.395 e. The standard InChI is InChI=1S/C18H31NO2.C8H11N/c1-17(2,3)14-11-15(18(4,5)6)13-16(12-14)19(7-9-20)8-10-21;1-9(2)8-6-4-3-5-7-8/h11-13,20-21H,7-10H2,1-6H3;3-7H,1-2H3. The van der Waals surface area contributed by atoms with Crippen LogP contribution in [0.1, 0.15) is 52.7 Å². The van der Waals surface area contributed by atoms with Crippen LogP contribution >= 0.6 is 0 Å². The van der Waals surface area contributed by atoms with E-state index >= 15 is 0 Å². The number of hydrogen-bond acceptors (Lipinski definition) is 4. The lowest BCUT2D eigenvalue weighted by Gasteiger charge is -2.30. The second-order valence-corrected chi connectivity index (χ2v) is 9.93. The van der Waals surface area contributed by atoms with Crippen LogP contribution in [0.2, 0.25) is 0 Å². The lowest BCUT2D eigenvalue weighted by molar-refractivity contribution is 0.281. The van der Waals surface area contributed by atoms with Crippen LogP contribution in [0, 0.1) is 0 Å². The molecule has 0 aliphatic heterocycles. The zero-order chi connectivity index (χ0) is 22.9. The molecule has 0 saturated carbocycles. The van der Waals surface area contributed by atoms with Crippen LogP contribution < -0.4 is 9.80 Å². The van der Waals surface area contributed by atoms with Crippen molar-refractivity contribution in [2.24, 2.45) is 0 Å². The van der Waals surface area contributed by atoms with Crippen molar-refractivity contribution in [3.63, 3.8) is 0 Å². The molecule has 0 amide bonds. The van der Waals surface area contributed by atoms with E-state index in [2.05, 4.69) is 76.8 Å². The van der Waals surface area contributed by atoms with Gasteiger partial charge in [0.2, 0.25) is 0 Å². The van der Waals surface area contributed by atoms with E-state index in [9.17, 15) is 10.2 Å². The Morgan fingerprint density at radius 2 is 1.10 bits per heavy atom. The van der Waals surface area contributed by atoms with Crippen molar-refractivity contribution < 1.29 is 10.2 Å². The molecule has 168 valence electrons. The van der Waals surface area contributed by atoms with Gasteiger partial charge in [-0.05, 0) is 46.2 Å². The van der Waals surface area contributed by atoms with E-state index in [1.807, 2.05) is 37.2 Å². The maximum atomic E-state index is 9.26. The molecule has 2 N–H and O–H groups in total. The molecule has 4 heteroatoms. The van der Waals surface area contributed by atoms with E-state index in [4.69, 9.17) is 0 Å². The van der Waals surface area contributed by atoms with Crippen molar-refractivity contribution in [3.05, 3.63) is 59.7 Å². The van der Waals surface area contributed by atoms with Gasteiger partial charge in [0, 0.05) is 38.6 Å². The Morgan fingerprint density at radius 3 is 1.40 bits per heavy atom. The molecule has 0 radical (unpaired) electrons. The van der Waals surface area contributed by atoms with E-state index in [1.165, 1.54) is 16.8 Å². The van der Waals surface area contributed by atoms with Crippen molar-refractivity contribution in [1.82, 2.24) is 0 Å². The fraction of sp³-hybridized carbons (Fsp3) is 0.538. The summed E-state index contributed by atoms with van der Waals surface area (Å²) in [6.45, 7) is 14.5. The van der Waals surface area contributed by atoms with Gasteiger partial charge in [-0.3, -0.25) is 0 Å². The molecule has 2 aromatic carbocycles. The van der Waals surface area contributed by atoms with Gasteiger partial charge in [0.15, 0.2) is 0 Å². The van der Waals surface area contributed by atoms with Crippen molar-refractivity contribution in [2.45, 2.75) is 52.4 Å². The summed E-state index contributed by atoms with van der Waals surface area (Å²) >= 11 is 0. The summed E-state index contributed by atoms with van der Waals surface area (Å²) in [5.41, 5.74) is 5.03. The third-order valence-corrected chi connectivity index (χ3v) is 5.03. The molecule has 0 heterocycles. The highest BCUT2D eigenvalue weighted by Crippen LogP contribution is 2.33. The summed E-state index contributed by atoms with van der Waals surface area (Å²) in [5.74, 6) is 0. The van der Waals surface area contributed by atoms with Crippen LogP contribution in [0.5, 0.6) is 0 Å². The molecule has 0 unspecified atom stereocenters. The smallest absolute Gasteiger partial charge is 0.0606 e. The lowest BCUT2D eigenvalue weighted by atomic mass is 9.80. The van der Waals surface area contributed by atoms with Gasteiger partial charge in [0.1, 0.15) is 0 Å². The predicted molar refractivity (Wildman–Crippen MR) is 131 cm³/mol. The number of aliphatic hydroxyl groups excluding tert-OH is 2. The molecular formula is C26H42N2O2. The first-order valence-corrected chi connectivity index (χ1v) is 10.7. The Kier molecular flexibility index (Phi) is 9.86. The minimum absolute atomic E-state index is 0.0696. The SMILES string of the molecule is CC(C)(C)c1cc(N(CCO)CCO)cc(C(C)(C)C)c1.CN(C)c1ccccc1. The van der Waals surface area contributed by atoms with Crippen LogP contribution in [0.4, 0.5) is 11.4 Å². The maximum absolute atomic E-state index is 9.26. The summed E-state index contributed by atoms with van der Waals surface area (Å²) < 4.78 is 0. The number of hydrogen-bond donors (Lipinski definition) is 2. The molecule has 0 saturated heterocycles. The predicted octanol–water partition coefficient (Wildman–Crippen LogP) is 4.83. The monoisotopic (exact) mass is 414 g/mol. The van der Waals surface area contributed by atoms with Crippen molar-refractivity contribution in [2.75, 3.05) is 50.2 Å². The first-order chi connectivity index (χ1) is 13.9. The maximum Gasteiger partial charge on any atom is 0.0606 e. The second-order valence-electron chi connectivity index (χ2n) is 9.93. The normalized spacial score (nSPS) is 11.5. The molecule has 2 aromatic rings. The molecular weight excluding hydrogens is 372 g/mol. The molecule has 0 aliphatic carbocycles. The Morgan fingerprint density at radius 1 is 0.667 bits per heavy atom. The van der Waals surface area contributed by atoms with Crippen LogP contribution in [0.3, 0.4) is 0 Å². The number of aliphatic hydroxyl groups is 2. The minimum atomic E-state index is 0.0696. The summed E-state index contributed by atoms with van der Waals surface area (Å²) in [6, 6.07) is 16.9. The number of anilines is 2. The molecule has 0 atom stereocenters. The van der Waals surface area contributed by atoms with Gasteiger partial charge in [-0.25, -0.2) is 0 Å². The van der Waals surface area contributed by atoms with Gasteiger partial charge in [0.05, 0.1) is 13.2 Å².